The van der Waals surface area contributed by atoms with Crippen LogP contribution in [0.4, 0.5) is 0 Å². The molecule has 0 aliphatic carbocycles. The minimum absolute atomic E-state index is 0.118. The van der Waals surface area contributed by atoms with Crippen LogP contribution in [0.3, 0.4) is 0 Å². The minimum atomic E-state index is -1.03. The Morgan fingerprint density at radius 1 is 1.03 bits per heavy atom. The summed E-state index contributed by atoms with van der Waals surface area (Å²) >= 11 is 5.87. The van der Waals surface area contributed by atoms with Crippen LogP contribution in [0.1, 0.15) is 28.3 Å². The van der Waals surface area contributed by atoms with Gasteiger partial charge in [0.1, 0.15) is 0 Å². The summed E-state index contributed by atoms with van der Waals surface area (Å²) in [5.74, 6) is -1.41. The number of fused-ring (bicyclic) bond motifs is 1. The van der Waals surface area contributed by atoms with Crippen molar-refractivity contribution in [2.45, 2.75) is 12.3 Å². The summed E-state index contributed by atoms with van der Waals surface area (Å²) in [6, 6.07) is 10.8. The molecule has 0 saturated carbocycles. The monoisotopic (exact) mass is 430 g/mol. The highest BCUT2D eigenvalue weighted by Crippen LogP contribution is 2.38. The second kappa shape index (κ2) is 9.00. The van der Waals surface area contributed by atoms with Crippen molar-refractivity contribution in [2.75, 3.05) is 21.3 Å². The van der Waals surface area contributed by atoms with Crippen molar-refractivity contribution < 1.29 is 28.2 Å². The molecule has 0 amide bonds. The molecule has 3 rings (SSSR count). The quantitative estimate of drug-likeness (QED) is 0.318. The molecule has 2 aromatic carbocycles. The molecule has 0 aliphatic rings. The lowest BCUT2D eigenvalue weighted by atomic mass is 9.89. The summed E-state index contributed by atoms with van der Waals surface area (Å²) in [6.45, 7) is 0. The zero-order valence-corrected chi connectivity index (χ0v) is 17.3. The van der Waals surface area contributed by atoms with Gasteiger partial charge in [-0.15, -0.1) is 0 Å². The predicted molar refractivity (Wildman–Crippen MR) is 111 cm³/mol. The third kappa shape index (κ3) is 4.16. The molecule has 1 aromatic heterocycles. The third-order valence-electron chi connectivity index (χ3n) is 4.70. The van der Waals surface area contributed by atoms with Crippen LogP contribution in [0.5, 0.6) is 11.5 Å². The van der Waals surface area contributed by atoms with Gasteiger partial charge in [0.25, 0.3) is 0 Å². The van der Waals surface area contributed by atoms with Crippen molar-refractivity contribution in [3.63, 3.8) is 0 Å². The molecule has 8 heteroatoms. The van der Waals surface area contributed by atoms with E-state index in [1.54, 1.807) is 36.4 Å². The summed E-state index contributed by atoms with van der Waals surface area (Å²) in [5, 5.41) is 0.926. The predicted octanol–water partition coefficient (Wildman–Crippen LogP) is 3.99. The number of rotatable bonds is 7. The maximum atomic E-state index is 12.8. The second-order valence-electron chi connectivity index (χ2n) is 6.41. The molecule has 0 radical (unpaired) electrons. The van der Waals surface area contributed by atoms with Crippen molar-refractivity contribution in [3.8, 4) is 11.5 Å². The van der Waals surface area contributed by atoms with E-state index in [-0.39, 0.29) is 23.5 Å². The molecule has 0 fully saturated rings. The van der Waals surface area contributed by atoms with Crippen molar-refractivity contribution in [3.05, 3.63) is 69.0 Å². The van der Waals surface area contributed by atoms with Gasteiger partial charge in [0.2, 0.25) is 5.75 Å². The van der Waals surface area contributed by atoms with Gasteiger partial charge in [-0.1, -0.05) is 11.6 Å². The lowest BCUT2D eigenvalue weighted by Crippen LogP contribution is -2.20. The topological polar surface area (TPSA) is 92.0 Å². The highest BCUT2D eigenvalue weighted by molar-refractivity contribution is 6.30. The number of esters is 1. The summed E-state index contributed by atoms with van der Waals surface area (Å²) in [5.41, 5.74) is 0.111. The SMILES string of the molecule is COC(=O)[C@H](CC(=O)c1ccc(Cl)cc1)c1cc(=O)oc2c(OC)c(OC)ccc12. The van der Waals surface area contributed by atoms with Crippen molar-refractivity contribution in [1.82, 2.24) is 0 Å². The zero-order chi connectivity index (χ0) is 21.8. The Labute approximate surface area is 177 Å². The summed E-state index contributed by atoms with van der Waals surface area (Å²) < 4.78 is 20.8. The largest absolute Gasteiger partial charge is 0.493 e. The van der Waals surface area contributed by atoms with E-state index >= 15 is 0 Å². The molecule has 156 valence electrons. The maximum Gasteiger partial charge on any atom is 0.336 e. The number of ketones is 1. The molecule has 7 nitrogen and oxygen atoms in total. The molecule has 0 unspecified atom stereocenters. The van der Waals surface area contributed by atoms with Gasteiger partial charge in [-0.3, -0.25) is 9.59 Å². The number of Topliss-reactive ketones (excluding diaryl/α,β-unsaturated/α-hetero) is 1. The Balaban J connectivity index is 2.14. The van der Waals surface area contributed by atoms with Crippen LogP contribution in [-0.2, 0) is 9.53 Å². The van der Waals surface area contributed by atoms with E-state index in [4.69, 9.17) is 30.2 Å². The number of carbonyl (C=O) groups excluding carboxylic acids is 2. The fraction of sp³-hybridized carbons (Fsp3) is 0.227. The van der Waals surface area contributed by atoms with Gasteiger partial charge in [0.05, 0.1) is 27.2 Å². The number of hydrogen-bond donors (Lipinski definition) is 0. The molecule has 0 N–H and O–H groups in total. The number of halogens is 1. The third-order valence-corrected chi connectivity index (χ3v) is 4.96. The highest BCUT2D eigenvalue weighted by atomic mass is 35.5. The van der Waals surface area contributed by atoms with Gasteiger partial charge in [-0.25, -0.2) is 4.79 Å². The van der Waals surface area contributed by atoms with Gasteiger partial charge in [-0.05, 0) is 42.0 Å². The van der Waals surface area contributed by atoms with Crippen LogP contribution in [0, 0.1) is 0 Å². The number of methoxy groups -OCH3 is 3. The van der Waals surface area contributed by atoms with Gasteiger partial charge < -0.3 is 18.6 Å². The maximum absolute atomic E-state index is 12.8. The molecular formula is C22H19ClO7. The van der Waals surface area contributed by atoms with Crippen LogP contribution < -0.4 is 15.1 Å². The van der Waals surface area contributed by atoms with E-state index in [1.165, 1.54) is 27.4 Å². The van der Waals surface area contributed by atoms with Gasteiger partial charge in [0, 0.05) is 28.5 Å². The van der Waals surface area contributed by atoms with Gasteiger partial charge in [0.15, 0.2) is 17.1 Å². The number of ether oxygens (including phenoxy) is 3. The smallest absolute Gasteiger partial charge is 0.336 e. The summed E-state index contributed by atoms with van der Waals surface area (Å²) in [6.07, 6.45) is -0.207. The van der Waals surface area contributed by atoms with E-state index in [0.29, 0.717) is 27.3 Å². The number of carbonyl (C=O) groups is 2. The van der Waals surface area contributed by atoms with E-state index in [0.717, 1.165) is 0 Å². The first kappa shape index (κ1) is 21.4. The Kier molecular flexibility index (Phi) is 6.42. The van der Waals surface area contributed by atoms with Gasteiger partial charge >= 0.3 is 11.6 Å². The lowest BCUT2D eigenvalue weighted by molar-refractivity contribution is -0.142. The molecule has 1 heterocycles. The Bertz CT molecular complexity index is 1150. The normalized spacial score (nSPS) is 11.7. The van der Waals surface area contributed by atoms with E-state index < -0.39 is 17.5 Å². The van der Waals surface area contributed by atoms with E-state index in [9.17, 15) is 14.4 Å². The molecule has 0 bridgehead atoms. The lowest BCUT2D eigenvalue weighted by Gasteiger charge is -2.17. The first-order chi connectivity index (χ1) is 14.4. The molecule has 30 heavy (non-hydrogen) atoms. The first-order valence-electron chi connectivity index (χ1n) is 8.95. The molecular weight excluding hydrogens is 412 g/mol. The van der Waals surface area contributed by atoms with Gasteiger partial charge in [-0.2, -0.15) is 0 Å². The number of benzene rings is 2. The van der Waals surface area contributed by atoms with E-state index in [2.05, 4.69) is 0 Å². The second-order valence-corrected chi connectivity index (χ2v) is 6.84. The molecule has 0 aliphatic heterocycles. The van der Waals surface area contributed by atoms with Crippen LogP contribution in [-0.4, -0.2) is 33.1 Å². The standard InChI is InChI=1S/C22H19ClO7/c1-27-18-9-8-14-15(11-19(25)30-20(14)21(18)28-2)16(22(26)29-3)10-17(24)12-4-6-13(23)7-5-12/h4-9,11,16H,10H2,1-3H3/t16-/m1/s1. The fourth-order valence-corrected chi connectivity index (χ4v) is 3.38. The fourth-order valence-electron chi connectivity index (χ4n) is 3.25. The highest BCUT2D eigenvalue weighted by Gasteiger charge is 2.29. The summed E-state index contributed by atoms with van der Waals surface area (Å²) in [4.78, 5) is 37.7. The van der Waals surface area contributed by atoms with Crippen molar-refractivity contribution in [2.24, 2.45) is 0 Å². The summed E-state index contributed by atoms with van der Waals surface area (Å²) in [7, 11) is 4.08. The molecule has 0 spiro atoms. The first-order valence-corrected chi connectivity index (χ1v) is 9.32. The van der Waals surface area contributed by atoms with Crippen molar-refractivity contribution >= 4 is 34.3 Å². The van der Waals surface area contributed by atoms with Crippen LogP contribution in [0.25, 0.3) is 11.0 Å². The minimum Gasteiger partial charge on any atom is -0.493 e. The average Bonchev–Trinajstić information content (AvgIpc) is 2.75. The number of hydrogen-bond acceptors (Lipinski definition) is 7. The Hall–Kier alpha value is -3.32. The van der Waals surface area contributed by atoms with Crippen LogP contribution in [0.2, 0.25) is 5.02 Å². The van der Waals surface area contributed by atoms with E-state index in [1.807, 2.05) is 0 Å². The molecule has 1 atom stereocenters. The van der Waals surface area contributed by atoms with Crippen LogP contribution in [0.15, 0.2) is 51.7 Å². The Morgan fingerprint density at radius 2 is 1.73 bits per heavy atom. The average molecular weight is 431 g/mol. The molecule has 3 aromatic rings. The van der Waals surface area contributed by atoms with Crippen LogP contribution >= 0.6 is 11.6 Å². The molecule has 0 saturated heterocycles. The van der Waals surface area contributed by atoms with Crippen molar-refractivity contribution in [1.29, 1.82) is 0 Å². The zero-order valence-electron chi connectivity index (χ0n) is 16.6. The Morgan fingerprint density at radius 3 is 2.33 bits per heavy atom.